The molecule has 1 heterocycles. The number of amides is 1. The van der Waals surface area contributed by atoms with E-state index >= 15 is 0 Å². The molecule has 1 aliphatic heterocycles. The molecule has 0 radical (unpaired) electrons. The Labute approximate surface area is 163 Å². The molecule has 0 saturated carbocycles. The molecule has 1 amide bonds. The summed E-state index contributed by atoms with van der Waals surface area (Å²) >= 11 is 0. The molecule has 3 aromatic rings. The predicted octanol–water partition coefficient (Wildman–Crippen LogP) is 3.97. The summed E-state index contributed by atoms with van der Waals surface area (Å²) in [5.74, 6) is 1.97. The molecule has 0 aromatic heterocycles. The largest absolute Gasteiger partial charge is 0.489 e. The smallest absolute Gasteiger partial charge is 0.251 e. The number of carbonyl (C=O) groups is 1. The highest BCUT2D eigenvalue weighted by molar-refractivity contribution is 5.94. The quantitative estimate of drug-likeness (QED) is 0.708. The van der Waals surface area contributed by atoms with Gasteiger partial charge in [-0.25, -0.2) is 0 Å². The van der Waals surface area contributed by atoms with Crippen LogP contribution in [0.25, 0.3) is 0 Å². The third kappa shape index (κ3) is 4.43. The minimum atomic E-state index is -0.153. The molecular weight excluding hydrogens is 354 g/mol. The topological polar surface area (TPSA) is 56.8 Å². The average Bonchev–Trinajstić information content (AvgIpc) is 2.77. The van der Waals surface area contributed by atoms with E-state index < -0.39 is 0 Å². The lowest BCUT2D eigenvalue weighted by atomic mass is 10.1. The summed E-state index contributed by atoms with van der Waals surface area (Å²) < 4.78 is 16.9. The third-order valence-electron chi connectivity index (χ3n) is 4.40. The molecule has 0 unspecified atom stereocenters. The third-order valence-corrected chi connectivity index (χ3v) is 4.40. The van der Waals surface area contributed by atoms with E-state index in [1.54, 1.807) is 12.1 Å². The predicted molar refractivity (Wildman–Crippen MR) is 106 cm³/mol. The number of ether oxygens (including phenoxy) is 3. The zero-order valence-corrected chi connectivity index (χ0v) is 15.4. The summed E-state index contributed by atoms with van der Waals surface area (Å²) in [5.41, 5.74) is 2.59. The fourth-order valence-electron chi connectivity index (χ4n) is 2.95. The number of fused-ring (bicyclic) bond motifs is 1. The molecule has 0 bridgehead atoms. The van der Waals surface area contributed by atoms with Crippen molar-refractivity contribution in [3.05, 3.63) is 89.5 Å². The van der Waals surface area contributed by atoms with Crippen LogP contribution in [-0.4, -0.2) is 19.1 Å². The molecular formula is C23H21NO4. The Hall–Kier alpha value is -3.47. The Morgan fingerprint density at radius 3 is 2.54 bits per heavy atom. The van der Waals surface area contributed by atoms with Crippen LogP contribution >= 0.6 is 0 Å². The van der Waals surface area contributed by atoms with Crippen LogP contribution in [0.2, 0.25) is 0 Å². The van der Waals surface area contributed by atoms with Gasteiger partial charge in [-0.05, 0) is 41.5 Å². The molecule has 4 rings (SSSR count). The molecule has 0 atom stereocenters. The summed E-state index contributed by atoms with van der Waals surface area (Å²) in [5, 5.41) is 2.93. The molecule has 0 aliphatic carbocycles. The number of benzene rings is 3. The minimum Gasteiger partial charge on any atom is -0.489 e. The van der Waals surface area contributed by atoms with Crippen LogP contribution in [0.5, 0.6) is 17.2 Å². The van der Waals surface area contributed by atoms with Crippen molar-refractivity contribution in [2.75, 3.05) is 13.2 Å². The van der Waals surface area contributed by atoms with E-state index in [2.05, 4.69) is 5.32 Å². The van der Waals surface area contributed by atoms with E-state index in [4.69, 9.17) is 14.2 Å². The van der Waals surface area contributed by atoms with Crippen LogP contribution in [0.15, 0.2) is 72.8 Å². The van der Waals surface area contributed by atoms with Gasteiger partial charge >= 0.3 is 0 Å². The minimum absolute atomic E-state index is 0.153. The molecule has 28 heavy (non-hydrogen) atoms. The number of hydrogen-bond donors (Lipinski definition) is 1. The zero-order valence-electron chi connectivity index (χ0n) is 15.4. The van der Waals surface area contributed by atoms with Gasteiger partial charge in [0.2, 0.25) is 0 Å². The Kier molecular flexibility index (Phi) is 5.43. The highest BCUT2D eigenvalue weighted by Crippen LogP contribution is 2.30. The fraction of sp³-hybridized carbons (Fsp3) is 0.174. The van der Waals surface area contributed by atoms with Gasteiger partial charge in [-0.2, -0.15) is 0 Å². The Morgan fingerprint density at radius 1 is 0.857 bits per heavy atom. The molecule has 0 fully saturated rings. The summed E-state index contributed by atoms with van der Waals surface area (Å²) in [6.07, 6.45) is 0. The second-order valence-corrected chi connectivity index (χ2v) is 6.46. The van der Waals surface area contributed by atoms with E-state index in [1.807, 2.05) is 60.7 Å². The lowest BCUT2D eigenvalue weighted by Gasteiger charge is -2.19. The van der Waals surface area contributed by atoms with E-state index in [0.717, 1.165) is 16.9 Å². The molecule has 1 aliphatic rings. The van der Waals surface area contributed by atoms with Gasteiger partial charge in [0.1, 0.15) is 25.6 Å². The van der Waals surface area contributed by atoms with Crippen molar-refractivity contribution in [3.63, 3.8) is 0 Å². The van der Waals surface area contributed by atoms with Crippen LogP contribution < -0.4 is 19.5 Å². The van der Waals surface area contributed by atoms with Gasteiger partial charge in [-0.15, -0.1) is 0 Å². The van der Waals surface area contributed by atoms with Crippen LogP contribution in [0.3, 0.4) is 0 Å². The first-order valence-electron chi connectivity index (χ1n) is 9.21. The van der Waals surface area contributed by atoms with Crippen molar-refractivity contribution in [1.29, 1.82) is 0 Å². The average molecular weight is 375 g/mol. The lowest BCUT2D eigenvalue weighted by molar-refractivity contribution is 0.0950. The van der Waals surface area contributed by atoms with Crippen LogP contribution in [-0.2, 0) is 13.2 Å². The second-order valence-electron chi connectivity index (χ2n) is 6.46. The summed E-state index contributed by atoms with van der Waals surface area (Å²) in [4.78, 5) is 12.5. The van der Waals surface area contributed by atoms with Gasteiger partial charge in [0.05, 0.1) is 0 Å². The van der Waals surface area contributed by atoms with Crippen molar-refractivity contribution in [3.8, 4) is 17.2 Å². The van der Waals surface area contributed by atoms with Gasteiger partial charge in [0.15, 0.2) is 11.5 Å². The molecule has 5 nitrogen and oxygen atoms in total. The van der Waals surface area contributed by atoms with Crippen LogP contribution in [0, 0.1) is 0 Å². The maximum absolute atomic E-state index is 12.5. The van der Waals surface area contributed by atoms with Crippen molar-refractivity contribution in [2.45, 2.75) is 13.2 Å². The summed E-state index contributed by atoms with van der Waals surface area (Å²) in [6, 6.07) is 22.8. The van der Waals surface area contributed by atoms with Crippen molar-refractivity contribution in [1.82, 2.24) is 5.32 Å². The number of hydrogen-bond acceptors (Lipinski definition) is 4. The van der Waals surface area contributed by atoms with E-state index in [9.17, 15) is 4.79 Å². The standard InChI is InChI=1S/C23H21NO4/c25-23(24-15-18-9-10-21-22(13-18)27-12-11-26-21)19-7-4-8-20(14-19)28-16-17-5-2-1-3-6-17/h1-10,13-14H,11-12,15-16H2,(H,24,25). The first-order chi connectivity index (χ1) is 13.8. The van der Waals surface area contributed by atoms with Gasteiger partial charge in [-0.3, -0.25) is 4.79 Å². The second kappa shape index (κ2) is 8.48. The van der Waals surface area contributed by atoms with Gasteiger partial charge in [-0.1, -0.05) is 42.5 Å². The van der Waals surface area contributed by atoms with Crippen molar-refractivity contribution < 1.29 is 19.0 Å². The monoisotopic (exact) mass is 375 g/mol. The van der Waals surface area contributed by atoms with Gasteiger partial charge in [0, 0.05) is 12.1 Å². The molecule has 5 heteroatoms. The van der Waals surface area contributed by atoms with Crippen LogP contribution in [0.1, 0.15) is 21.5 Å². The molecule has 0 saturated heterocycles. The Balaban J connectivity index is 1.35. The molecule has 0 spiro atoms. The fourth-order valence-corrected chi connectivity index (χ4v) is 2.95. The first-order valence-corrected chi connectivity index (χ1v) is 9.21. The van der Waals surface area contributed by atoms with E-state index in [-0.39, 0.29) is 5.91 Å². The Morgan fingerprint density at radius 2 is 1.68 bits per heavy atom. The Bertz CT molecular complexity index is 956. The number of rotatable bonds is 6. The SMILES string of the molecule is O=C(NCc1ccc2c(c1)OCCO2)c1cccc(OCc2ccccc2)c1. The van der Waals surface area contributed by atoms with Gasteiger partial charge < -0.3 is 19.5 Å². The van der Waals surface area contributed by atoms with Crippen LogP contribution in [0.4, 0.5) is 0 Å². The van der Waals surface area contributed by atoms with Crippen molar-refractivity contribution >= 4 is 5.91 Å². The number of nitrogens with one attached hydrogen (secondary N) is 1. The highest BCUT2D eigenvalue weighted by atomic mass is 16.6. The summed E-state index contributed by atoms with van der Waals surface area (Å²) in [6.45, 7) is 1.97. The number of carbonyl (C=O) groups excluding carboxylic acids is 1. The first kappa shape index (κ1) is 17.9. The lowest BCUT2D eigenvalue weighted by Crippen LogP contribution is -2.23. The van der Waals surface area contributed by atoms with Gasteiger partial charge in [0.25, 0.3) is 5.91 Å². The molecule has 142 valence electrons. The van der Waals surface area contributed by atoms with Crippen molar-refractivity contribution in [2.24, 2.45) is 0 Å². The molecule has 1 N–H and O–H groups in total. The highest BCUT2D eigenvalue weighted by Gasteiger charge is 2.12. The van der Waals surface area contributed by atoms with E-state index in [1.165, 1.54) is 0 Å². The maximum Gasteiger partial charge on any atom is 0.251 e. The summed E-state index contributed by atoms with van der Waals surface area (Å²) in [7, 11) is 0. The molecule has 3 aromatic carbocycles. The normalized spacial score (nSPS) is 12.3. The van der Waals surface area contributed by atoms with E-state index in [0.29, 0.717) is 43.4 Å². The maximum atomic E-state index is 12.5. The zero-order chi connectivity index (χ0) is 19.2.